The van der Waals surface area contributed by atoms with Gasteiger partial charge >= 0.3 is 6.11 Å². The molecule has 0 aromatic heterocycles. The molecule has 2 fully saturated rings. The van der Waals surface area contributed by atoms with E-state index in [9.17, 15) is 8.78 Å². The summed E-state index contributed by atoms with van der Waals surface area (Å²) in [6.07, 6.45) is 16.4. The SMILES string of the molecule is C=CCCC1CCC(CC(F)(F)OCC2CCC(CCCCCC)CC2)CC1. The van der Waals surface area contributed by atoms with Crippen molar-refractivity contribution in [1.29, 1.82) is 0 Å². The molecule has 2 rings (SSSR count). The van der Waals surface area contributed by atoms with E-state index in [-0.39, 0.29) is 18.9 Å². The molecule has 0 N–H and O–H groups in total. The van der Waals surface area contributed by atoms with Crippen LogP contribution in [0, 0.1) is 23.7 Å². The van der Waals surface area contributed by atoms with E-state index in [1.54, 1.807) is 0 Å². The maximum atomic E-state index is 14.3. The number of rotatable bonds is 13. The molecule has 164 valence electrons. The third-order valence-corrected chi connectivity index (χ3v) is 7.23. The molecular formula is C25H44F2O. The lowest BCUT2D eigenvalue weighted by Gasteiger charge is -2.32. The van der Waals surface area contributed by atoms with Crippen LogP contribution in [0.2, 0.25) is 0 Å². The topological polar surface area (TPSA) is 9.23 Å². The first-order chi connectivity index (χ1) is 13.5. The zero-order valence-corrected chi connectivity index (χ0v) is 18.3. The number of ether oxygens (including phenoxy) is 1. The van der Waals surface area contributed by atoms with E-state index in [1.165, 1.54) is 51.4 Å². The van der Waals surface area contributed by atoms with Crippen LogP contribution in [0.1, 0.15) is 110 Å². The Labute approximate surface area is 172 Å². The molecule has 2 aliphatic carbocycles. The van der Waals surface area contributed by atoms with E-state index in [4.69, 9.17) is 4.74 Å². The molecule has 0 aromatic rings. The Morgan fingerprint density at radius 2 is 1.39 bits per heavy atom. The van der Waals surface area contributed by atoms with Crippen LogP contribution in [-0.2, 0) is 4.74 Å². The summed E-state index contributed by atoms with van der Waals surface area (Å²) in [6.45, 7) is 6.28. The van der Waals surface area contributed by atoms with Gasteiger partial charge < -0.3 is 4.74 Å². The molecule has 0 bridgehead atoms. The van der Waals surface area contributed by atoms with Crippen molar-refractivity contribution in [3.8, 4) is 0 Å². The fourth-order valence-corrected chi connectivity index (χ4v) is 5.26. The zero-order valence-electron chi connectivity index (χ0n) is 18.3. The van der Waals surface area contributed by atoms with Crippen molar-refractivity contribution in [2.24, 2.45) is 23.7 Å². The smallest absolute Gasteiger partial charge is 0.320 e. The lowest BCUT2D eigenvalue weighted by molar-refractivity contribution is -0.256. The van der Waals surface area contributed by atoms with Gasteiger partial charge in [0.15, 0.2) is 0 Å². The fraction of sp³-hybridized carbons (Fsp3) is 0.920. The average molecular weight is 399 g/mol. The van der Waals surface area contributed by atoms with E-state index in [0.717, 1.165) is 50.9 Å². The molecule has 2 saturated carbocycles. The summed E-state index contributed by atoms with van der Waals surface area (Å²) in [7, 11) is 0. The molecule has 0 radical (unpaired) electrons. The van der Waals surface area contributed by atoms with E-state index in [2.05, 4.69) is 13.5 Å². The second-order valence-corrected chi connectivity index (χ2v) is 9.64. The lowest BCUT2D eigenvalue weighted by atomic mass is 9.78. The third-order valence-electron chi connectivity index (χ3n) is 7.23. The van der Waals surface area contributed by atoms with Crippen molar-refractivity contribution in [2.45, 2.75) is 116 Å². The molecule has 28 heavy (non-hydrogen) atoms. The van der Waals surface area contributed by atoms with Crippen molar-refractivity contribution in [1.82, 2.24) is 0 Å². The highest BCUT2D eigenvalue weighted by Gasteiger charge is 2.36. The van der Waals surface area contributed by atoms with Crippen molar-refractivity contribution >= 4 is 0 Å². The lowest BCUT2D eigenvalue weighted by Crippen LogP contribution is -2.30. The molecular weight excluding hydrogens is 354 g/mol. The molecule has 0 heterocycles. The predicted molar refractivity (Wildman–Crippen MR) is 115 cm³/mol. The van der Waals surface area contributed by atoms with Crippen LogP contribution < -0.4 is 0 Å². The van der Waals surface area contributed by atoms with Crippen molar-refractivity contribution < 1.29 is 13.5 Å². The van der Waals surface area contributed by atoms with E-state index in [1.807, 2.05) is 6.08 Å². The highest BCUT2D eigenvalue weighted by Crippen LogP contribution is 2.39. The van der Waals surface area contributed by atoms with Gasteiger partial charge in [-0.1, -0.05) is 70.8 Å². The largest absolute Gasteiger partial charge is 0.356 e. The van der Waals surface area contributed by atoms with Crippen LogP contribution in [0.3, 0.4) is 0 Å². The quantitative estimate of drug-likeness (QED) is 0.223. The summed E-state index contributed by atoms with van der Waals surface area (Å²) in [5.74, 6) is 2.01. The highest BCUT2D eigenvalue weighted by molar-refractivity contribution is 4.78. The average Bonchev–Trinajstić information content (AvgIpc) is 2.70. The molecule has 0 unspecified atom stereocenters. The number of unbranched alkanes of at least 4 members (excludes halogenated alkanes) is 3. The number of hydrogen-bond acceptors (Lipinski definition) is 1. The molecule has 0 spiro atoms. The van der Waals surface area contributed by atoms with Gasteiger partial charge in [0.1, 0.15) is 0 Å². The maximum Gasteiger partial charge on any atom is 0.356 e. The number of halogens is 2. The minimum absolute atomic E-state index is 0.0754. The van der Waals surface area contributed by atoms with Crippen molar-refractivity contribution in [3.63, 3.8) is 0 Å². The predicted octanol–water partition coefficient (Wildman–Crippen LogP) is 8.54. The van der Waals surface area contributed by atoms with Crippen LogP contribution >= 0.6 is 0 Å². The van der Waals surface area contributed by atoms with E-state index in [0.29, 0.717) is 11.8 Å². The maximum absolute atomic E-state index is 14.3. The Morgan fingerprint density at radius 3 is 2.00 bits per heavy atom. The minimum Gasteiger partial charge on any atom is -0.320 e. The Kier molecular flexibility index (Phi) is 11.1. The van der Waals surface area contributed by atoms with E-state index >= 15 is 0 Å². The van der Waals surface area contributed by atoms with Gasteiger partial charge in [0, 0.05) is 6.42 Å². The second-order valence-electron chi connectivity index (χ2n) is 9.64. The second kappa shape index (κ2) is 13.0. The normalized spacial score (nSPS) is 29.0. The molecule has 0 saturated heterocycles. The van der Waals surface area contributed by atoms with Gasteiger partial charge in [0.2, 0.25) is 0 Å². The van der Waals surface area contributed by atoms with Crippen LogP contribution in [-0.4, -0.2) is 12.7 Å². The summed E-state index contributed by atoms with van der Waals surface area (Å²) in [6, 6.07) is 0. The standard InChI is InChI=1S/C25H44F2O/c1-3-5-7-8-10-22-13-17-24(18-14-22)20-28-25(26,27)19-23-15-11-21(12-16-23)9-6-4-2/h4,21-24H,2-3,5-20H2,1H3. The highest BCUT2D eigenvalue weighted by atomic mass is 19.3. The first-order valence-corrected chi connectivity index (χ1v) is 12.1. The van der Waals surface area contributed by atoms with Crippen molar-refractivity contribution in [2.75, 3.05) is 6.61 Å². The van der Waals surface area contributed by atoms with Crippen LogP contribution in [0.25, 0.3) is 0 Å². The zero-order chi connectivity index (χ0) is 20.2. The van der Waals surface area contributed by atoms with E-state index < -0.39 is 6.11 Å². The van der Waals surface area contributed by atoms with Gasteiger partial charge in [0.05, 0.1) is 6.61 Å². The van der Waals surface area contributed by atoms with Gasteiger partial charge in [-0.25, -0.2) is 0 Å². The third kappa shape index (κ3) is 9.37. The summed E-state index contributed by atoms with van der Waals surface area (Å²) in [5.41, 5.74) is 0. The van der Waals surface area contributed by atoms with Gasteiger partial charge in [0.25, 0.3) is 0 Å². The summed E-state index contributed by atoms with van der Waals surface area (Å²) in [5, 5.41) is 0. The first-order valence-electron chi connectivity index (χ1n) is 12.1. The molecule has 0 aliphatic heterocycles. The van der Waals surface area contributed by atoms with Gasteiger partial charge in [-0.15, -0.1) is 6.58 Å². The van der Waals surface area contributed by atoms with Gasteiger partial charge in [-0.3, -0.25) is 0 Å². The van der Waals surface area contributed by atoms with Crippen LogP contribution in [0.4, 0.5) is 8.78 Å². The number of hydrogen-bond donors (Lipinski definition) is 0. The Hall–Kier alpha value is -0.440. The van der Waals surface area contributed by atoms with Gasteiger partial charge in [-0.05, 0) is 62.2 Å². The van der Waals surface area contributed by atoms with Gasteiger partial charge in [-0.2, -0.15) is 8.78 Å². The number of allylic oxidation sites excluding steroid dienone is 1. The molecule has 1 nitrogen and oxygen atoms in total. The first kappa shape index (κ1) is 23.8. The monoisotopic (exact) mass is 398 g/mol. The van der Waals surface area contributed by atoms with Crippen LogP contribution in [0.5, 0.6) is 0 Å². The minimum atomic E-state index is -2.93. The number of alkyl halides is 2. The Morgan fingerprint density at radius 1 is 0.821 bits per heavy atom. The summed E-state index contributed by atoms with van der Waals surface area (Å²) in [4.78, 5) is 0. The Bertz CT molecular complexity index is 407. The summed E-state index contributed by atoms with van der Waals surface area (Å²) < 4.78 is 33.9. The molecule has 3 heteroatoms. The summed E-state index contributed by atoms with van der Waals surface area (Å²) >= 11 is 0. The Balaban J connectivity index is 1.57. The molecule has 0 amide bonds. The van der Waals surface area contributed by atoms with Crippen molar-refractivity contribution in [3.05, 3.63) is 12.7 Å². The fourth-order valence-electron chi connectivity index (χ4n) is 5.26. The molecule has 2 aliphatic rings. The molecule has 0 atom stereocenters. The molecule has 0 aromatic carbocycles. The van der Waals surface area contributed by atoms with Crippen LogP contribution in [0.15, 0.2) is 12.7 Å².